The second-order valence-electron chi connectivity index (χ2n) is 9.64. The number of hydrogen-bond donors (Lipinski definition) is 0. The van der Waals surface area contributed by atoms with Crippen molar-refractivity contribution in [1.82, 2.24) is 24.4 Å². The van der Waals surface area contributed by atoms with Gasteiger partial charge in [-0.05, 0) is 36.1 Å². The first-order chi connectivity index (χ1) is 17.3. The molecule has 36 heavy (non-hydrogen) atoms. The third kappa shape index (κ3) is 5.06. The van der Waals surface area contributed by atoms with Crippen LogP contribution in [0.25, 0.3) is 0 Å². The second-order valence-corrected chi connectivity index (χ2v) is 11.7. The lowest BCUT2D eigenvalue weighted by atomic mass is 10.1. The van der Waals surface area contributed by atoms with E-state index in [2.05, 4.69) is 19.9 Å². The fourth-order valence-electron chi connectivity index (χ4n) is 4.76. The van der Waals surface area contributed by atoms with Crippen molar-refractivity contribution in [2.75, 3.05) is 30.3 Å². The number of piperidine rings is 1. The molecule has 0 N–H and O–H groups in total. The Hall–Kier alpha value is -3.47. The number of likely N-dealkylation sites (tertiary alicyclic amines) is 1. The van der Waals surface area contributed by atoms with Crippen LogP contribution < -0.4 is 9.64 Å². The maximum absolute atomic E-state index is 12.7. The number of nitrogens with zero attached hydrogens (tertiary/aromatic N) is 6. The molecule has 2 aliphatic rings. The molecule has 1 aromatic carbocycles. The fourth-order valence-corrected chi connectivity index (χ4v) is 6.43. The molecule has 5 rings (SSSR count). The summed E-state index contributed by atoms with van der Waals surface area (Å²) in [7, 11) is -3.30. The average molecular weight is 511 g/mol. The largest absolute Gasteiger partial charge is 0.474 e. The van der Waals surface area contributed by atoms with Crippen molar-refractivity contribution in [1.29, 1.82) is 0 Å². The molecule has 0 aliphatic carbocycles. The minimum Gasteiger partial charge on any atom is -0.474 e. The molecule has 1 fully saturated rings. The molecule has 0 bridgehead atoms. The van der Waals surface area contributed by atoms with Crippen LogP contribution in [0.1, 0.15) is 32.3 Å². The zero-order chi connectivity index (χ0) is 25.3. The van der Waals surface area contributed by atoms with Gasteiger partial charge in [-0.25, -0.2) is 28.2 Å². The van der Waals surface area contributed by atoms with E-state index in [9.17, 15) is 13.2 Å². The van der Waals surface area contributed by atoms with Gasteiger partial charge in [0.05, 0.1) is 10.6 Å². The van der Waals surface area contributed by atoms with Crippen LogP contribution in [0.15, 0.2) is 54.2 Å². The molecule has 0 spiro atoms. The van der Waals surface area contributed by atoms with Gasteiger partial charge < -0.3 is 14.5 Å². The molecule has 0 atom stereocenters. The standard InChI is InChI=1S/C25H30N6O4S/c1-18(2)15-36(33,34)21-3-4-22-19(13-21)5-11-31(22)23-14-24(28-16-27-23)35-20-6-9-29(10-7-20)25(32)30-12-8-26-17-30/h3-4,8,12-14,16-18,20H,5-7,9-11,15H2,1-2H3. The van der Waals surface area contributed by atoms with Gasteiger partial charge in [-0.1, -0.05) is 13.8 Å². The highest BCUT2D eigenvalue weighted by Crippen LogP contribution is 2.36. The smallest absolute Gasteiger partial charge is 0.329 e. The number of aromatic nitrogens is 4. The lowest BCUT2D eigenvalue weighted by Crippen LogP contribution is -2.43. The van der Waals surface area contributed by atoms with E-state index >= 15 is 0 Å². The van der Waals surface area contributed by atoms with Gasteiger partial charge in [-0.3, -0.25) is 4.57 Å². The zero-order valence-corrected chi connectivity index (χ0v) is 21.3. The van der Waals surface area contributed by atoms with Gasteiger partial charge in [0.25, 0.3) is 0 Å². The number of anilines is 2. The van der Waals surface area contributed by atoms with Crippen LogP contribution in [-0.2, 0) is 16.3 Å². The Morgan fingerprint density at radius 3 is 2.67 bits per heavy atom. The number of carbonyl (C=O) groups excluding carboxylic acids is 1. The number of benzene rings is 1. The first-order valence-corrected chi connectivity index (χ1v) is 13.8. The summed E-state index contributed by atoms with van der Waals surface area (Å²) < 4.78 is 33.0. The average Bonchev–Trinajstić information content (AvgIpc) is 3.53. The molecule has 0 unspecified atom stereocenters. The van der Waals surface area contributed by atoms with Crippen LogP contribution in [0.5, 0.6) is 5.88 Å². The van der Waals surface area contributed by atoms with Crippen LogP contribution >= 0.6 is 0 Å². The SMILES string of the molecule is CC(C)CS(=O)(=O)c1ccc2c(c1)CCN2c1cc(OC2CCN(C(=O)n3ccnc3)CC2)ncn1. The molecular formula is C25H30N6O4S. The highest BCUT2D eigenvalue weighted by Gasteiger charge is 2.27. The molecule has 1 amide bonds. The van der Waals surface area contributed by atoms with Crippen LogP contribution in [0.2, 0.25) is 0 Å². The van der Waals surface area contributed by atoms with E-state index in [4.69, 9.17) is 4.74 Å². The van der Waals surface area contributed by atoms with Crippen molar-refractivity contribution in [3.63, 3.8) is 0 Å². The predicted molar refractivity (Wildman–Crippen MR) is 134 cm³/mol. The summed E-state index contributed by atoms with van der Waals surface area (Å²) in [5, 5.41) is 0. The van der Waals surface area contributed by atoms with Crippen molar-refractivity contribution in [3.05, 3.63) is 54.9 Å². The van der Waals surface area contributed by atoms with Gasteiger partial charge in [0.15, 0.2) is 9.84 Å². The summed E-state index contributed by atoms with van der Waals surface area (Å²) in [4.78, 5) is 29.4. The zero-order valence-electron chi connectivity index (χ0n) is 20.4. The van der Waals surface area contributed by atoms with Gasteiger partial charge in [0.2, 0.25) is 5.88 Å². The number of carbonyl (C=O) groups is 1. The Morgan fingerprint density at radius 1 is 1.14 bits per heavy atom. The van der Waals surface area contributed by atoms with Gasteiger partial charge in [0.1, 0.15) is 24.6 Å². The van der Waals surface area contributed by atoms with Gasteiger partial charge in [-0.2, -0.15) is 0 Å². The van der Waals surface area contributed by atoms with E-state index in [1.807, 2.05) is 26.0 Å². The molecule has 0 saturated carbocycles. The monoisotopic (exact) mass is 510 g/mol. The minimum atomic E-state index is -3.30. The number of imidazole rings is 1. The van der Waals surface area contributed by atoms with Crippen molar-refractivity contribution < 1.29 is 17.9 Å². The summed E-state index contributed by atoms with van der Waals surface area (Å²) in [5.41, 5.74) is 1.95. The van der Waals surface area contributed by atoms with Crippen LogP contribution in [0.4, 0.5) is 16.3 Å². The Balaban J connectivity index is 1.24. The van der Waals surface area contributed by atoms with E-state index in [-0.39, 0.29) is 23.8 Å². The summed E-state index contributed by atoms with van der Waals surface area (Å²) >= 11 is 0. The van der Waals surface area contributed by atoms with Gasteiger partial charge in [-0.15, -0.1) is 0 Å². The van der Waals surface area contributed by atoms with Gasteiger partial charge in [0, 0.05) is 56.6 Å². The highest BCUT2D eigenvalue weighted by molar-refractivity contribution is 7.91. The summed E-state index contributed by atoms with van der Waals surface area (Å²) in [6.45, 7) is 5.72. The van der Waals surface area contributed by atoms with Crippen LogP contribution in [-0.4, -0.2) is 70.4 Å². The number of fused-ring (bicyclic) bond motifs is 1. The third-order valence-electron chi connectivity index (χ3n) is 6.49. The Bertz CT molecular complexity index is 1330. The van der Waals surface area contributed by atoms with Crippen LogP contribution in [0.3, 0.4) is 0 Å². The van der Waals surface area contributed by atoms with E-state index in [1.165, 1.54) is 17.2 Å². The number of hydrogen-bond acceptors (Lipinski definition) is 8. The van der Waals surface area contributed by atoms with E-state index in [0.717, 1.165) is 17.7 Å². The third-order valence-corrected chi connectivity index (χ3v) is 8.57. The Kier molecular flexibility index (Phi) is 6.65. The highest BCUT2D eigenvalue weighted by atomic mass is 32.2. The first-order valence-electron chi connectivity index (χ1n) is 12.2. The topological polar surface area (TPSA) is 111 Å². The van der Waals surface area contributed by atoms with E-state index in [1.54, 1.807) is 29.4 Å². The van der Waals surface area contributed by atoms with Crippen molar-refractivity contribution in [2.45, 2.75) is 44.1 Å². The number of rotatable bonds is 6. The molecule has 3 aromatic rings. The minimum absolute atomic E-state index is 0.0424. The Morgan fingerprint density at radius 2 is 1.94 bits per heavy atom. The summed E-state index contributed by atoms with van der Waals surface area (Å²) in [6, 6.07) is 7.09. The lowest BCUT2D eigenvalue weighted by Gasteiger charge is -2.31. The summed E-state index contributed by atoms with van der Waals surface area (Å²) in [6.07, 6.45) is 8.35. The molecule has 190 valence electrons. The molecular weight excluding hydrogens is 480 g/mol. The molecule has 2 aromatic heterocycles. The fraction of sp³-hybridized carbons (Fsp3) is 0.440. The van der Waals surface area contributed by atoms with Crippen LogP contribution in [0, 0.1) is 5.92 Å². The van der Waals surface area contributed by atoms with E-state index in [0.29, 0.717) is 49.1 Å². The Labute approximate surface area is 210 Å². The van der Waals surface area contributed by atoms with Crippen molar-refractivity contribution in [2.24, 2.45) is 5.92 Å². The van der Waals surface area contributed by atoms with Crippen molar-refractivity contribution in [3.8, 4) is 5.88 Å². The maximum atomic E-state index is 12.7. The maximum Gasteiger partial charge on any atom is 0.329 e. The summed E-state index contributed by atoms with van der Waals surface area (Å²) in [5.74, 6) is 1.41. The van der Waals surface area contributed by atoms with Crippen molar-refractivity contribution >= 4 is 27.4 Å². The molecule has 4 heterocycles. The normalized spacial score (nSPS) is 16.4. The molecule has 2 aliphatic heterocycles. The predicted octanol–water partition coefficient (Wildman–Crippen LogP) is 3.31. The first kappa shape index (κ1) is 24.2. The number of amides is 1. The molecule has 1 saturated heterocycles. The van der Waals surface area contributed by atoms with E-state index < -0.39 is 9.84 Å². The quantitative estimate of drug-likeness (QED) is 0.497. The van der Waals surface area contributed by atoms with Gasteiger partial charge >= 0.3 is 6.03 Å². The number of sulfone groups is 1. The number of ether oxygens (including phenoxy) is 1. The molecule has 0 radical (unpaired) electrons. The lowest BCUT2D eigenvalue weighted by molar-refractivity contribution is 0.108. The second kappa shape index (κ2) is 9.88. The molecule has 10 nitrogen and oxygen atoms in total. The molecule has 11 heteroatoms.